The molecular weight excluding hydrogens is 510 g/mol. The van der Waals surface area contributed by atoms with Crippen LogP contribution < -0.4 is 9.62 Å². The second-order valence-corrected chi connectivity index (χ2v) is 11.7. The van der Waals surface area contributed by atoms with Gasteiger partial charge in [0.1, 0.15) is 12.6 Å². The lowest BCUT2D eigenvalue weighted by Gasteiger charge is -2.33. The van der Waals surface area contributed by atoms with Crippen LogP contribution in [-0.4, -0.2) is 44.3 Å². The number of anilines is 1. The summed E-state index contributed by atoms with van der Waals surface area (Å²) >= 11 is 0. The summed E-state index contributed by atoms with van der Waals surface area (Å²) in [6.07, 6.45) is 1.16. The number of nitrogens with one attached hydrogen (secondary N) is 1. The number of aryl methyl sites for hydroxylation is 3. The zero-order valence-electron chi connectivity index (χ0n) is 23.5. The summed E-state index contributed by atoms with van der Waals surface area (Å²) in [6, 6.07) is 20.7. The maximum atomic E-state index is 14.1. The molecule has 2 amide bonds. The Balaban J connectivity index is 2.05. The van der Waals surface area contributed by atoms with Crippen LogP contribution in [0.5, 0.6) is 0 Å². The molecule has 8 heteroatoms. The van der Waals surface area contributed by atoms with E-state index in [-0.39, 0.29) is 17.3 Å². The first kappa shape index (κ1) is 29.9. The van der Waals surface area contributed by atoms with Gasteiger partial charge in [0.05, 0.1) is 10.6 Å². The highest BCUT2D eigenvalue weighted by atomic mass is 32.2. The van der Waals surface area contributed by atoms with Crippen molar-refractivity contribution in [2.75, 3.05) is 17.4 Å². The number of hydrogen-bond acceptors (Lipinski definition) is 4. The number of benzene rings is 3. The van der Waals surface area contributed by atoms with Crippen molar-refractivity contribution in [3.05, 3.63) is 95.1 Å². The fourth-order valence-corrected chi connectivity index (χ4v) is 5.85. The van der Waals surface area contributed by atoms with E-state index in [9.17, 15) is 18.0 Å². The molecule has 0 fully saturated rings. The monoisotopic (exact) mass is 549 g/mol. The van der Waals surface area contributed by atoms with Crippen LogP contribution in [0.15, 0.2) is 77.7 Å². The van der Waals surface area contributed by atoms with Crippen LogP contribution in [0.1, 0.15) is 48.9 Å². The predicted octanol–water partition coefficient (Wildman–Crippen LogP) is 5.14. The van der Waals surface area contributed by atoms with Gasteiger partial charge in [0.25, 0.3) is 10.0 Å². The first-order valence-electron chi connectivity index (χ1n) is 13.4. The van der Waals surface area contributed by atoms with Gasteiger partial charge in [-0.1, -0.05) is 79.6 Å². The second-order valence-electron chi connectivity index (χ2n) is 9.83. The normalized spacial score (nSPS) is 12.0. The maximum Gasteiger partial charge on any atom is 0.264 e. The van der Waals surface area contributed by atoms with E-state index in [1.54, 1.807) is 36.4 Å². The van der Waals surface area contributed by atoms with Crippen LogP contribution in [0.25, 0.3) is 0 Å². The molecule has 0 saturated carbocycles. The van der Waals surface area contributed by atoms with Crippen molar-refractivity contribution in [2.24, 2.45) is 0 Å². The van der Waals surface area contributed by atoms with E-state index in [2.05, 4.69) is 5.32 Å². The quantitative estimate of drug-likeness (QED) is 0.339. The lowest BCUT2D eigenvalue weighted by Crippen LogP contribution is -2.52. The molecule has 0 bridgehead atoms. The first-order chi connectivity index (χ1) is 18.6. The van der Waals surface area contributed by atoms with Crippen molar-refractivity contribution in [3.63, 3.8) is 0 Å². The van der Waals surface area contributed by atoms with Crippen molar-refractivity contribution in [1.82, 2.24) is 10.2 Å². The Kier molecular flexibility index (Phi) is 10.3. The van der Waals surface area contributed by atoms with Crippen LogP contribution in [0.2, 0.25) is 0 Å². The molecule has 3 rings (SSSR count). The van der Waals surface area contributed by atoms with E-state index in [1.165, 1.54) is 4.90 Å². The topological polar surface area (TPSA) is 86.8 Å². The molecule has 208 valence electrons. The molecule has 0 spiro atoms. The van der Waals surface area contributed by atoms with E-state index >= 15 is 0 Å². The molecule has 0 aromatic heterocycles. The fraction of sp³-hybridized carbons (Fsp3) is 0.355. The molecule has 7 nitrogen and oxygen atoms in total. The zero-order valence-corrected chi connectivity index (χ0v) is 24.3. The Morgan fingerprint density at radius 1 is 0.846 bits per heavy atom. The number of carbonyl (C=O) groups excluding carboxylic acids is 2. The van der Waals surface area contributed by atoms with Crippen LogP contribution in [0.4, 0.5) is 5.69 Å². The van der Waals surface area contributed by atoms with Crippen molar-refractivity contribution in [3.8, 4) is 0 Å². The van der Waals surface area contributed by atoms with Gasteiger partial charge in [-0.25, -0.2) is 8.42 Å². The molecule has 0 radical (unpaired) electrons. The smallest absolute Gasteiger partial charge is 0.264 e. The third-order valence-electron chi connectivity index (χ3n) is 6.68. The fourth-order valence-electron chi connectivity index (χ4n) is 4.37. The number of amides is 2. The van der Waals surface area contributed by atoms with Gasteiger partial charge in [0.15, 0.2) is 0 Å². The number of carbonyl (C=O) groups is 2. The molecule has 39 heavy (non-hydrogen) atoms. The molecule has 0 aliphatic carbocycles. The molecule has 3 aromatic carbocycles. The summed E-state index contributed by atoms with van der Waals surface area (Å²) < 4.78 is 29.0. The maximum absolute atomic E-state index is 14.1. The lowest BCUT2D eigenvalue weighted by atomic mass is 10.1. The molecule has 1 atom stereocenters. The van der Waals surface area contributed by atoms with Crippen molar-refractivity contribution in [1.29, 1.82) is 0 Å². The van der Waals surface area contributed by atoms with Gasteiger partial charge >= 0.3 is 0 Å². The highest BCUT2D eigenvalue weighted by Crippen LogP contribution is 2.27. The number of rotatable bonds is 12. The standard InChI is InChI=1S/C31H39N3O4S/c1-6-20-32-31(36)28(7-2)33(21-26-16-12-23(3)13-17-26)30(35)22-34(29-11-9-8-10-25(29)5)39(37,38)27-18-14-24(4)15-19-27/h8-19,28H,6-7,20-22H2,1-5H3,(H,32,36). The van der Waals surface area contributed by atoms with Gasteiger partial charge in [-0.3, -0.25) is 13.9 Å². The van der Waals surface area contributed by atoms with Gasteiger partial charge in [0.2, 0.25) is 11.8 Å². The van der Waals surface area contributed by atoms with Gasteiger partial charge < -0.3 is 10.2 Å². The van der Waals surface area contributed by atoms with Crippen LogP contribution >= 0.6 is 0 Å². The van der Waals surface area contributed by atoms with Crippen LogP contribution in [0.3, 0.4) is 0 Å². The zero-order chi connectivity index (χ0) is 28.6. The van der Waals surface area contributed by atoms with Gasteiger partial charge in [-0.2, -0.15) is 0 Å². The summed E-state index contributed by atoms with van der Waals surface area (Å²) in [5.41, 5.74) is 4.02. The van der Waals surface area contributed by atoms with E-state index in [1.807, 2.05) is 71.0 Å². The summed E-state index contributed by atoms with van der Waals surface area (Å²) in [5, 5.41) is 2.90. The number of nitrogens with zero attached hydrogens (tertiary/aromatic N) is 2. The largest absolute Gasteiger partial charge is 0.354 e. The minimum Gasteiger partial charge on any atom is -0.354 e. The minimum atomic E-state index is -4.08. The van der Waals surface area contributed by atoms with Crippen molar-refractivity contribution in [2.45, 2.75) is 64.9 Å². The SMILES string of the molecule is CCCNC(=O)C(CC)N(Cc1ccc(C)cc1)C(=O)CN(c1ccccc1C)S(=O)(=O)c1ccc(C)cc1. The van der Waals surface area contributed by atoms with Crippen LogP contribution in [-0.2, 0) is 26.2 Å². The molecule has 1 unspecified atom stereocenters. The molecule has 0 saturated heterocycles. The van der Waals surface area contributed by atoms with Crippen molar-refractivity contribution >= 4 is 27.5 Å². The first-order valence-corrected chi connectivity index (χ1v) is 14.8. The Bertz CT molecular complexity index is 1370. The van der Waals surface area contributed by atoms with E-state index in [0.717, 1.165) is 33.0 Å². The number of hydrogen-bond donors (Lipinski definition) is 1. The van der Waals surface area contributed by atoms with Gasteiger partial charge in [-0.15, -0.1) is 0 Å². The Morgan fingerprint density at radius 3 is 2.00 bits per heavy atom. The molecule has 3 aromatic rings. The molecule has 0 aliphatic rings. The van der Waals surface area contributed by atoms with Gasteiger partial charge in [0, 0.05) is 13.1 Å². The third-order valence-corrected chi connectivity index (χ3v) is 8.45. The number of sulfonamides is 1. The summed E-state index contributed by atoms with van der Waals surface area (Å²) in [5.74, 6) is -0.698. The predicted molar refractivity (Wildman–Crippen MR) is 156 cm³/mol. The van der Waals surface area contributed by atoms with E-state index in [0.29, 0.717) is 18.7 Å². The van der Waals surface area contributed by atoms with Crippen molar-refractivity contribution < 1.29 is 18.0 Å². The second kappa shape index (κ2) is 13.4. The molecule has 0 heterocycles. The molecule has 0 aliphatic heterocycles. The third kappa shape index (κ3) is 7.47. The number of para-hydroxylation sites is 1. The summed E-state index contributed by atoms with van der Waals surface area (Å²) in [6.45, 7) is 9.74. The Hall–Kier alpha value is -3.65. The summed E-state index contributed by atoms with van der Waals surface area (Å²) in [7, 11) is -4.08. The Labute approximate surface area is 232 Å². The van der Waals surface area contributed by atoms with Crippen LogP contribution in [0, 0.1) is 20.8 Å². The lowest BCUT2D eigenvalue weighted by molar-refractivity contribution is -0.140. The van der Waals surface area contributed by atoms with Gasteiger partial charge in [-0.05, 0) is 62.9 Å². The van der Waals surface area contributed by atoms with E-state index in [4.69, 9.17) is 0 Å². The highest BCUT2D eigenvalue weighted by Gasteiger charge is 2.34. The average molecular weight is 550 g/mol. The summed E-state index contributed by atoms with van der Waals surface area (Å²) in [4.78, 5) is 28.8. The molecule has 1 N–H and O–H groups in total. The minimum absolute atomic E-state index is 0.0990. The molecular formula is C31H39N3O4S. The van der Waals surface area contributed by atoms with E-state index < -0.39 is 28.5 Å². The average Bonchev–Trinajstić information content (AvgIpc) is 2.92. The Morgan fingerprint density at radius 2 is 1.44 bits per heavy atom. The highest BCUT2D eigenvalue weighted by molar-refractivity contribution is 7.92.